The summed E-state index contributed by atoms with van der Waals surface area (Å²) in [6.07, 6.45) is 1.27. The van der Waals surface area contributed by atoms with Crippen LogP contribution < -0.4 is 10.1 Å². The van der Waals surface area contributed by atoms with Crippen LogP contribution in [0.2, 0.25) is 0 Å². The summed E-state index contributed by atoms with van der Waals surface area (Å²) in [6, 6.07) is 6.75. The van der Waals surface area contributed by atoms with Gasteiger partial charge in [0, 0.05) is 12.0 Å². The van der Waals surface area contributed by atoms with Gasteiger partial charge in [-0.1, -0.05) is 19.4 Å². The molecule has 5 nitrogen and oxygen atoms in total. The average molecular weight is 464 g/mol. The average Bonchev–Trinajstić information content (AvgIpc) is 3.21. The summed E-state index contributed by atoms with van der Waals surface area (Å²) in [6.45, 7) is 2.24. The van der Waals surface area contributed by atoms with Crippen LogP contribution in [0, 0.1) is 5.92 Å². The molecule has 1 fully saturated rings. The van der Waals surface area contributed by atoms with Gasteiger partial charge in [-0.05, 0) is 49.8 Å². The van der Waals surface area contributed by atoms with Gasteiger partial charge in [0.05, 0.1) is 28.0 Å². The topological polar surface area (TPSA) is 64.1 Å². The van der Waals surface area contributed by atoms with Crippen molar-refractivity contribution in [3.63, 3.8) is 0 Å². The normalized spacial score (nSPS) is 19.2. The SMILES string of the molecule is CCC1CCC(c2nc3cc(OC)c(NC(=O)c4cccc(C(F)(F)F)n4)cc3s2)CC1. The van der Waals surface area contributed by atoms with E-state index in [0.29, 0.717) is 17.4 Å². The Morgan fingerprint density at radius 3 is 2.59 bits per heavy atom. The number of amides is 1. The number of benzene rings is 1. The lowest BCUT2D eigenvalue weighted by atomic mass is 9.81. The first-order valence-electron chi connectivity index (χ1n) is 10.6. The van der Waals surface area contributed by atoms with Crippen LogP contribution in [0.25, 0.3) is 10.2 Å². The Morgan fingerprint density at radius 2 is 1.94 bits per heavy atom. The van der Waals surface area contributed by atoms with Crippen molar-refractivity contribution in [1.82, 2.24) is 9.97 Å². The second-order valence-electron chi connectivity index (χ2n) is 8.06. The number of anilines is 1. The van der Waals surface area contributed by atoms with Crippen LogP contribution in [-0.2, 0) is 6.18 Å². The molecule has 1 aromatic carbocycles. The van der Waals surface area contributed by atoms with Crippen LogP contribution in [0.1, 0.15) is 66.1 Å². The third-order valence-electron chi connectivity index (χ3n) is 6.02. The number of halogens is 3. The van der Waals surface area contributed by atoms with E-state index in [0.717, 1.165) is 46.1 Å². The first-order chi connectivity index (χ1) is 15.3. The Labute approximate surface area is 188 Å². The maximum atomic E-state index is 12.9. The largest absolute Gasteiger partial charge is 0.494 e. The van der Waals surface area contributed by atoms with Crippen molar-refractivity contribution in [2.45, 2.75) is 51.1 Å². The number of hydrogen-bond donors (Lipinski definition) is 1. The van der Waals surface area contributed by atoms with Crippen LogP contribution in [0.3, 0.4) is 0 Å². The van der Waals surface area contributed by atoms with Crippen molar-refractivity contribution in [3.8, 4) is 5.75 Å². The number of carbonyl (C=O) groups excluding carboxylic acids is 1. The van der Waals surface area contributed by atoms with Crippen LogP contribution in [0.15, 0.2) is 30.3 Å². The van der Waals surface area contributed by atoms with E-state index in [-0.39, 0.29) is 5.69 Å². The summed E-state index contributed by atoms with van der Waals surface area (Å²) < 4.78 is 45.1. The predicted octanol–water partition coefficient (Wildman–Crippen LogP) is 6.65. The van der Waals surface area contributed by atoms with Crippen LogP contribution in [0.5, 0.6) is 5.75 Å². The molecule has 0 saturated heterocycles. The number of fused-ring (bicyclic) bond motifs is 1. The van der Waals surface area contributed by atoms with Crippen molar-refractivity contribution >= 4 is 33.1 Å². The van der Waals surface area contributed by atoms with E-state index in [1.807, 2.05) is 0 Å². The minimum Gasteiger partial charge on any atom is -0.494 e. The minimum absolute atomic E-state index is 0.320. The van der Waals surface area contributed by atoms with Gasteiger partial charge in [0.2, 0.25) is 0 Å². The molecule has 3 aromatic rings. The van der Waals surface area contributed by atoms with E-state index in [2.05, 4.69) is 17.2 Å². The van der Waals surface area contributed by atoms with Crippen LogP contribution >= 0.6 is 11.3 Å². The highest BCUT2D eigenvalue weighted by Crippen LogP contribution is 2.41. The van der Waals surface area contributed by atoms with Crippen molar-refractivity contribution in [2.24, 2.45) is 5.92 Å². The fraction of sp³-hybridized carbons (Fsp3) is 0.435. The third-order valence-corrected chi connectivity index (χ3v) is 7.20. The van der Waals surface area contributed by atoms with Crippen molar-refractivity contribution < 1.29 is 22.7 Å². The van der Waals surface area contributed by atoms with E-state index in [1.165, 1.54) is 32.4 Å². The number of methoxy groups -OCH3 is 1. The molecule has 9 heteroatoms. The number of rotatable bonds is 5. The summed E-state index contributed by atoms with van der Waals surface area (Å²) in [4.78, 5) is 20.9. The zero-order valence-corrected chi connectivity index (χ0v) is 18.6. The van der Waals surface area contributed by atoms with Gasteiger partial charge in [-0.25, -0.2) is 9.97 Å². The summed E-state index contributed by atoms with van der Waals surface area (Å²) in [5.41, 5.74) is -0.277. The predicted molar refractivity (Wildman–Crippen MR) is 118 cm³/mol. The van der Waals surface area contributed by atoms with E-state index in [9.17, 15) is 18.0 Å². The number of aromatic nitrogens is 2. The zero-order valence-electron chi connectivity index (χ0n) is 17.8. The van der Waals surface area contributed by atoms with Crippen LogP contribution in [-0.4, -0.2) is 23.0 Å². The summed E-state index contributed by atoms with van der Waals surface area (Å²) in [7, 11) is 1.47. The third kappa shape index (κ3) is 4.72. The first-order valence-corrected chi connectivity index (χ1v) is 11.4. The summed E-state index contributed by atoms with van der Waals surface area (Å²) >= 11 is 1.59. The van der Waals surface area contributed by atoms with Gasteiger partial charge in [0.15, 0.2) is 0 Å². The molecule has 1 amide bonds. The maximum Gasteiger partial charge on any atom is 0.433 e. The lowest BCUT2D eigenvalue weighted by Crippen LogP contribution is -2.17. The number of hydrogen-bond acceptors (Lipinski definition) is 5. The molecule has 4 rings (SSSR count). The zero-order chi connectivity index (χ0) is 22.9. The maximum absolute atomic E-state index is 12.9. The van der Waals surface area contributed by atoms with Gasteiger partial charge < -0.3 is 10.1 Å². The minimum atomic E-state index is -4.62. The highest BCUT2D eigenvalue weighted by Gasteiger charge is 2.33. The fourth-order valence-corrected chi connectivity index (χ4v) is 5.29. The number of carbonyl (C=O) groups is 1. The van der Waals surface area contributed by atoms with Gasteiger partial charge in [-0.3, -0.25) is 4.79 Å². The van der Waals surface area contributed by atoms with E-state index < -0.39 is 17.8 Å². The standard InChI is InChI=1S/C23H24F3N3O2S/c1-3-13-7-9-14(10-8-13)22-29-17-11-18(31-2)16(12-19(17)32-22)28-21(30)15-5-4-6-20(27-15)23(24,25)26/h4-6,11-14H,3,7-10H2,1-2H3,(H,28,30). The molecule has 0 radical (unpaired) electrons. The van der Waals surface area contributed by atoms with E-state index in [1.54, 1.807) is 23.5 Å². The van der Waals surface area contributed by atoms with Crippen LogP contribution in [0.4, 0.5) is 18.9 Å². The number of nitrogens with one attached hydrogen (secondary N) is 1. The van der Waals surface area contributed by atoms with Gasteiger partial charge in [0.1, 0.15) is 17.1 Å². The second-order valence-corrected chi connectivity index (χ2v) is 9.12. The molecule has 1 aliphatic rings. The summed E-state index contributed by atoms with van der Waals surface area (Å²) in [5, 5.41) is 3.72. The van der Waals surface area contributed by atoms with Gasteiger partial charge in [-0.15, -0.1) is 11.3 Å². The molecular weight excluding hydrogens is 439 g/mol. The molecule has 1 saturated carbocycles. The molecule has 0 spiro atoms. The lowest BCUT2D eigenvalue weighted by molar-refractivity contribution is -0.141. The van der Waals surface area contributed by atoms with Crippen molar-refractivity contribution in [2.75, 3.05) is 12.4 Å². The van der Waals surface area contributed by atoms with E-state index >= 15 is 0 Å². The quantitative estimate of drug-likeness (QED) is 0.460. The number of ether oxygens (including phenoxy) is 1. The number of alkyl halides is 3. The van der Waals surface area contributed by atoms with Gasteiger partial charge >= 0.3 is 6.18 Å². The molecule has 0 bridgehead atoms. The smallest absolute Gasteiger partial charge is 0.433 e. The fourth-order valence-electron chi connectivity index (χ4n) is 4.14. The molecule has 170 valence electrons. The Hall–Kier alpha value is -2.68. The lowest BCUT2D eigenvalue weighted by Gasteiger charge is -2.26. The number of nitrogens with zero attached hydrogens (tertiary/aromatic N) is 2. The molecule has 2 aromatic heterocycles. The molecule has 1 aliphatic carbocycles. The molecule has 1 N–H and O–H groups in total. The Balaban J connectivity index is 1.58. The first kappa shape index (κ1) is 22.5. The molecule has 0 atom stereocenters. The monoisotopic (exact) mass is 463 g/mol. The molecule has 2 heterocycles. The van der Waals surface area contributed by atoms with E-state index in [4.69, 9.17) is 9.72 Å². The van der Waals surface area contributed by atoms with Crippen molar-refractivity contribution in [3.05, 3.63) is 46.7 Å². The highest BCUT2D eigenvalue weighted by molar-refractivity contribution is 7.18. The number of thiazole rings is 1. The Kier molecular flexibility index (Phi) is 6.37. The Bertz CT molecular complexity index is 1120. The van der Waals surface area contributed by atoms with Crippen molar-refractivity contribution in [1.29, 1.82) is 0 Å². The highest BCUT2D eigenvalue weighted by atomic mass is 32.1. The number of pyridine rings is 1. The molecule has 0 aliphatic heterocycles. The Morgan fingerprint density at radius 1 is 1.19 bits per heavy atom. The summed E-state index contributed by atoms with van der Waals surface area (Å²) in [5.74, 6) is 0.890. The second kappa shape index (κ2) is 9.05. The molecule has 0 unspecified atom stereocenters. The van der Waals surface area contributed by atoms with Gasteiger partial charge in [-0.2, -0.15) is 13.2 Å². The van der Waals surface area contributed by atoms with Gasteiger partial charge in [0.25, 0.3) is 5.91 Å². The molecular formula is C23H24F3N3O2S. The molecule has 32 heavy (non-hydrogen) atoms.